The summed E-state index contributed by atoms with van der Waals surface area (Å²) in [4.78, 5) is 19.6. The van der Waals surface area contributed by atoms with Crippen LogP contribution in [0.4, 0.5) is 0 Å². The Balaban J connectivity index is 1.77. The number of halogens is 1. The number of hydrogen-bond donors (Lipinski definition) is 3. The topological polar surface area (TPSA) is 154 Å². The van der Waals surface area contributed by atoms with E-state index in [0.717, 1.165) is 11.1 Å². The minimum Gasteiger partial charge on any atom is -0.490 e. The molecule has 4 N–H and O–H groups in total. The summed E-state index contributed by atoms with van der Waals surface area (Å²) >= 11 is 6.11. The average Bonchev–Trinajstić information content (AvgIpc) is 3.22. The lowest BCUT2D eigenvalue weighted by molar-refractivity contribution is -0.127. The van der Waals surface area contributed by atoms with Gasteiger partial charge in [-0.2, -0.15) is 4.98 Å². The number of aliphatic hydroxyl groups excluding tert-OH is 2. The second-order valence-electron chi connectivity index (χ2n) is 8.16. The summed E-state index contributed by atoms with van der Waals surface area (Å²) in [6.07, 6.45) is -2.77. The molecule has 1 amide bonds. The van der Waals surface area contributed by atoms with Crippen molar-refractivity contribution in [2.45, 2.75) is 52.4 Å². The molecular weight excluding hydrogens is 464 g/mol. The Hall–Kier alpha value is -3.21. The van der Waals surface area contributed by atoms with Crippen LogP contribution in [0.2, 0.25) is 5.15 Å². The summed E-state index contributed by atoms with van der Waals surface area (Å²) in [6.45, 7) is 7.35. The number of rotatable bonds is 10. The largest absolute Gasteiger partial charge is 0.490 e. The third kappa shape index (κ3) is 6.43. The zero-order valence-corrected chi connectivity index (χ0v) is 20.0. The Labute approximate surface area is 201 Å². The van der Waals surface area contributed by atoms with E-state index in [4.69, 9.17) is 31.3 Å². The molecule has 182 valence electrons. The smallest absolute Gasteiger partial charge is 0.258 e. The number of hydrogen-bond acceptors (Lipinski definition) is 9. The number of carbonyl (C=O) groups is 1. The molecule has 2 heterocycles. The zero-order valence-electron chi connectivity index (χ0n) is 19.3. The molecule has 1 aromatic carbocycles. The lowest BCUT2D eigenvalue weighted by atomic mass is 10.1. The van der Waals surface area contributed by atoms with Gasteiger partial charge in [-0.15, -0.1) is 0 Å². The van der Waals surface area contributed by atoms with Crippen LogP contribution >= 0.6 is 11.6 Å². The SMILES string of the molecule is Cc1cc(-c2noc(-c3cc(Cl)nc(OC(C)C)c3)n2)cc(C)c1OC[C@H](O)CC(O)C(N)=O. The van der Waals surface area contributed by atoms with Gasteiger partial charge in [0.2, 0.25) is 17.6 Å². The van der Waals surface area contributed by atoms with Crippen molar-refractivity contribution in [3.05, 3.63) is 40.5 Å². The zero-order chi connectivity index (χ0) is 25.0. The van der Waals surface area contributed by atoms with Crippen molar-refractivity contribution in [3.8, 4) is 34.5 Å². The van der Waals surface area contributed by atoms with E-state index in [1.54, 1.807) is 12.1 Å². The Morgan fingerprint density at radius 1 is 1.12 bits per heavy atom. The standard InChI is InChI=1S/C23H27ClN4O6/c1-11(2)33-19-8-15(7-18(24)26-19)23-27-22(28-34-23)14-5-12(3)20(13(4)6-14)32-10-16(29)9-17(30)21(25)31/h5-8,11,16-17,29-30H,9-10H2,1-4H3,(H2,25,31)/t16-,17?/m1/s1. The van der Waals surface area contributed by atoms with Crippen LogP contribution in [0, 0.1) is 13.8 Å². The Morgan fingerprint density at radius 2 is 1.79 bits per heavy atom. The van der Waals surface area contributed by atoms with Gasteiger partial charge in [0.05, 0.1) is 12.2 Å². The fraction of sp³-hybridized carbons (Fsp3) is 0.391. The molecule has 0 aliphatic rings. The third-order valence-electron chi connectivity index (χ3n) is 4.76. The van der Waals surface area contributed by atoms with Crippen LogP contribution in [0.25, 0.3) is 22.8 Å². The fourth-order valence-electron chi connectivity index (χ4n) is 3.28. The number of nitrogens with zero attached hydrogens (tertiary/aromatic N) is 3. The second-order valence-corrected chi connectivity index (χ2v) is 8.55. The Morgan fingerprint density at radius 3 is 2.41 bits per heavy atom. The molecule has 0 fully saturated rings. The van der Waals surface area contributed by atoms with Crippen LogP contribution in [0.5, 0.6) is 11.6 Å². The van der Waals surface area contributed by atoms with Crippen molar-refractivity contribution in [1.82, 2.24) is 15.1 Å². The number of aryl methyl sites for hydroxylation is 2. The van der Waals surface area contributed by atoms with E-state index in [2.05, 4.69) is 15.1 Å². The first-order valence-electron chi connectivity index (χ1n) is 10.6. The van der Waals surface area contributed by atoms with E-state index in [0.29, 0.717) is 28.6 Å². The average molecular weight is 491 g/mol. The fourth-order valence-corrected chi connectivity index (χ4v) is 3.49. The van der Waals surface area contributed by atoms with Crippen LogP contribution < -0.4 is 15.2 Å². The summed E-state index contributed by atoms with van der Waals surface area (Å²) in [5.74, 6) is 0.664. The highest BCUT2D eigenvalue weighted by Gasteiger charge is 2.19. The van der Waals surface area contributed by atoms with Crippen LogP contribution in [0.1, 0.15) is 31.4 Å². The van der Waals surface area contributed by atoms with Gasteiger partial charge in [0.15, 0.2) is 0 Å². The van der Waals surface area contributed by atoms with Gasteiger partial charge in [-0.25, -0.2) is 4.98 Å². The van der Waals surface area contributed by atoms with Crippen molar-refractivity contribution < 1.29 is 29.0 Å². The van der Waals surface area contributed by atoms with Crippen molar-refractivity contribution in [2.24, 2.45) is 5.73 Å². The molecule has 0 aliphatic heterocycles. The lowest BCUT2D eigenvalue weighted by Gasteiger charge is -2.17. The number of carbonyl (C=O) groups excluding carboxylic acids is 1. The number of ether oxygens (including phenoxy) is 2. The number of primary amides is 1. The van der Waals surface area contributed by atoms with E-state index in [-0.39, 0.29) is 30.2 Å². The molecule has 34 heavy (non-hydrogen) atoms. The van der Waals surface area contributed by atoms with Crippen molar-refractivity contribution >= 4 is 17.5 Å². The number of nitrogens with two attached hydrogens (primary N) is 1. The molecule has 0 aliphatic carbocycles. The molecule has 0 radical (unpaired) electrons. The molecule has 0 spiro atoms. The number of amides is 1. The molecule has 10 nitrogen and oxygen atoms in total. The molecule has 3 aromatic rings. The van der Waals surface area contributed by atoms with Crippen LogP contribution in [0.15, 0.2) is 28.8 Å². The minimum absolute atomic E-state index is 0.0712. The van der Waals surface area contributed by atoms with Crippen molar-refractivity contribution in [2.75, 3.05) is 6.61 Å². The maximum atomic E-state index is 10.9. The molecular formula is C23H27ClN4O6. The summed E-state index contributed by atoms with van der Waals surface area (Å²) in [6, 6.07) is 6.94. The van der Waals surface area contributed by atoms with Crippen LogP contribution in [0.3, 0.4) is 0 Å². The normalized spacial score (nSPS) is 13.1. The summed E-state index contributed by atoms with van der Waals surface area (Å²) in [7, 11) is 0. The summed E-state index contributed by atoms with van der Waals surface area (Å²) in [5.41, 5.74) is 7.86. The van der Waals surface area contributed by atoms with Crippen LogP contribution in [-0.4, -0.2) is 56.2 Å². The third-order valence-corrected chi connectivity index (χ3v) is 4.96. The van der Waals surface area contributed by atoms with E-state index >= 15 is 0 Å². The Bertz CT molecular complexity index is 1140. The quantitative estimate of drug-likeness (QED) is 0.364. The molecule has 2 aromatic heterocycles. The van der Waals surface area contributed by atoms with Gasteiger partial charge in [0.25, 0.3) is 5.89 Å². The number of pyridine rings is 1. The highest BCUT2D eigenvalue weighted by Crippen LogP contribution is 2.31. The van der Waals surface area contributed by atoms with Gasteiger partial charge in [0.1, 0.15) is 23.6 Å². The van der Waals surface area contributed by atoms with E-state index < -0.39 is 18.1 Å². The van der Waals surface area contributed by atoms with Gasteiger partial charge in [-0.1, -0.05) is 16.8 Å². The number of aliphatic hydroxyl groups is 2. The van der Waals surface area contributed by atoms with Gasteiger partial charge in [0, 0.05) is 23.6 Å². The minimum atomic E-state index is -1.43. The molecule has 0 bridgehead atoms. The molecule has 1 unspecified atom stereocenters. The molecule has 3 rings (SSSR count). The molecule has 0 saturated heterocycles. The first-order valence-corrected chi connectivity index (χ1v) is 11.0. The maximum absolute atomic E-state index is 10.9. The summed E-state index contributed by atoms with van der Waals surface area (Å²) < 4.78 is 16.8. The van der Waals surface area contributed by atoms with E-state index in [1.165, 1.54) is 0 Å². The van der Waals surface area contributed by atoms with Crippen molar-refractivity contribution in [1.29, 1.82) is 0 Å². The van der Waals surface area contributed by atoms with Gasteiger partial charge >= 0.3 is 0 Å². The maximum Gasteiger partial charge on any atom is 0.258 e. The first-order chi connectivity index (χ1) is 16.0. The van der Waals surface area contributed by atoms with Gasteiger partial charge in [-0.05, 0) is 57.0 Å². The van der Waals surface area contributed by atoms with Gasteiger partial charge < -0.3 is 29.9 Å². The monoisotopic (exact) mass is 490 g/mol. The molecule has 2 atom stereocenters. The lowest BCUT2D eigenvalue weighted by Crippen LogP contribution is -2.33. The van der Waals surface area contributed by atoms with Crippen LogP contribution in [-0.2, 0) is 4.79 Å². The first kappa shape index (κ1) is 25.4. The summed E-state index contributed by atoms with van der Waals surface area (Å²) in [5, 5.41) is 23.8. The highest BCUT2D eigenvalue weighted by molar-refractivity contribution is 6.29. The second kappa shape index (κ2) is 10.8. The number of aromatic nitrogens is 3. The number of benzene rings is 1. The Kier molecular flexibility index (Phi) is 8.08. The predicted octanol–water partition coefficient (Wildman–Crippen LogP) is 2.83. The molecule has 11 heteroatoms. The van der Waals surface area contributed by atoms with Crippen molar-refractivity contribution in [3.63, 3.8) is 0 Å². The van der Waals surface area contributed by atoms with E-state index in [1.807, 2.05) is 39.8 Å². The van der Waals surface area contributed by atoms with Gasteiger partial charge in [-0.3, -0.25) is 4.79 Å². The highest BCUT2D eigenvalue weighted by atomic mass is 35.5. The van der Waals surface area contributed by atoms with E-state index in [9.17, 15) is 15.0 Å². The molecule has 0 saturated carbocycles. The predicted molar refractivity (Wildman–Crippen MR) is 125 cm³/mol.